The summed E-state index contributed by atoms with van der Waals surface area (Å²) in [6.07, 6.45) is 2.42. The SMILES string of the molecule is C=C1CC2COC(=O)C2(Cc2cc(Br)c3ccccc3c2)C1. The van der Waals surface area contributed by atoms with Crippen molar-refractivity contribution >= 4 is 32.7 Å². The molecule has 2 aromatic carbocycles. The molecule has 3 heteroatoms. The zero-order valence-corrected chi connectivity index (χ0v) is 13.9. The van der Waals surface area contributed by atoms with E-state index < -0.39 is 0 Å². The van der Waals surface area contributed by atoms with Crippen molar-refractivity contribution in [1.82, 2.24) is 0 Å². The summed E-state index contributed by atoms with van der Waals surface area (Å²) in [7, 11) is 0. The summed E-state index contributed by atoms with van der Waals surface area (Å²) in [5.41, 5.74) is 1.98. The molecular weight excluding hydrogens is 340 g/mol. The van der Waals surface area contributed by atoms with Crippen molar-refractivity contribution in [2.24, 2.45) is 11.3 Å². The van der Waals surface area contributed by atoms with Gasteiger partial charge >= 0.3 is 5.97 Å². The number of halogens is 1. The van der Waals surface area contributed by atoms with Crippen molar-refractivity contribution in [1.29, 1.82) is 0 Å². The Hall–Kier alpha value is -1.61. The molecule has 4 rings (SSSR count). The zero-order chi connectivity index (χ0) is 15.3. The average Bonchev–Trinajstić information content (AvgIpc) is 2.95. The van der Waals surface area contributed by atoms with Crippen molar-refractivity contribution < 1.29 is 9.53 Å². The first-order valence-electron chi connectivity index (χ1n) is 7.59. The molecule has 0 N–H and O–H groups in total. The van der Waals surface area contributed by atoms with E-state index in [1.54, 1.807) is 0 Å². The van der Waals surface area contributed by atoms with E-state index in [0.717, 1.165) is 23.7 Å². The molecule has 22 heavy (non-hydrogen) atoms. The van der Waals surface area contributed by atoms with Crippen LogP contribution in [0.5, 0.6) is 0 Å². The topological polar surface area (TPSA) is 26.3 Å². The number of fused-ring (bicyclic) bond motifs is 2. The molecule has 2 aromatic rings. The van der Waals surface area contributed by atoms with Gasteiger partial charge in [0.05, 0.1) is 12.0 Å². The summed E-state index contributed by atoms with van der Waals surface area (Å²) in [5, 5.41) is 2.40. The van der Waals surface area contributed by atoms with Crippen LogP contribution in [0.15, 0.2) is 53.0 Å². The Morgan fingerprint density at radius 1 is 1.32 bits per heavy atom. The van der Waals surface area contributed by atoms with Crippen LogP contribution < -0.4 is 0 Å². The predicted molar refractivity (Wildman–Crippen MR) is 90.6 cm³/mol. The van der Waals surface area contributed by atoms with E-state index in [2.05, 4.69) is 46.8 Å². The summed E-state index contributed by atoms with van der Waals surface area (Å²) in [6, 6.07) is 12.6. The number of hydrogen-bond acceptors (Lipinski definition) is 2. The minimum absolute atomic E-state index is 0.0413. The van der Waals surface area contributed by atoms with Gasteiger partial charge in [-0.15, -0.1) is 0 Å². The number of cyclic esters (lactones) is 1. The molecule has 1 saturated carbocycles. The van der Waals surface area contributed by atoms with Gasteiger partial charge in [0.1, 0.15) is 0 Å². The Balaban J connectivity index is 1.77. The number of hydrogen-bond donors (Lipinski definition) is 0. The van der Waals surface area contributed by atoms with Crippen LogP contribution in [0.25, 0.3) is 10.8 Å². The molecule has 112 valence electrons. The van der Waals surface area contributed by atoms with E-state index in [1.807, 2.05) is 12.1 Å². The van der Waals surface area contributed by atoms with Crippen molar-refractivity contribution in [2.75, 3.05) is 6.61 Å². The first-order valence-corrected chi connectivity index (χ1v) is 8.39. The van der Waals surface area contributed by atoms with Crippen LogP contribution in [0.1, 0.15) is 18.4 Å². The fourth-order valence-electron chi connectivity index (χ4n) is 4.05. The number of rotatable bonds is 2. The first kappa shape index (κ1) is 14.0. The predicted octanol–water partition coefficient (Wildman–Crippen LogP) is 4.65. The third kappa shape index (κ3) is 2.03. The van der Waals surface area contributed by atoms with Crippen LogP contribution in [0.3, 0.4) is 0 Å². The Morgan fingerprint density at radius 3 is 3.00 bits per heavy atom. The lowest BCUT2D eigenvalue weighted by Crippen LogP contribution is -2.31. The third-order valence-electron chi connectivity index (χ3n) is 5.09. The maximum absolute atomic E-state index is 12.4. The summed E-state index contributed by atoms with van der Waals surface area (Å²) < 4.78 is 6.45. The molecule has 1 saturated heterocycles. The van der Waals surface area contributed by atoms with Crippen molar-refractivity contribution in [3.63, 3.8) is 0 Å². The van der Waals surface area contributed by atoms with E-state index in [4.69, 9.17) is 4.74 Å². The zero-order valence-electron chi connectivity index (χ0n) is 12.3. The fourth-order valence-corrected chi connectivity index (χ4v) is 4.71. The molecule has 2 nitrogen and oxygen atoms in total. The number of allylic oxidation sites excluding steroid dienone is 1. The van der Waals surface area contributed by atoms with Crippen LogP contribution in [-0.2, 0) is 16.0 Å². The molecule has 2 unspecified atom stereocenters. The standard InChI is InChI=1S/C19H17BrO2/c1-12-6-15-11-22-18(21)19(15,9-12)10-13-7-14-4-2-3-5-16(14)17(20)8-13/h2-5,7-8,15H,1,6,9-11H2. The number of ether oxygens (including phenoxy) is 1. The van der Waals surface area contributed by atoms with E-state index in [1.165, 1.54) is 21.9 Å². The first-order chi connectivity index (χ1) is 10.6. The molecule has 2 aliphatic rings. The Bertz CT molecular complexity index is 795. The quantitative estimate of drug-likeness (QED) is 0.578. The summed E-state index contributed by atoms with van der Waals surface area (Å²) in [5.74, 6) is 0.248. The van der Waals surface area contributed by atoms with E-state index in [9.17, 15) is 4.79 Å². The molecule has 1 heterocycles. The molecule has 2 fully saturated rings. The highest BCUT2D eigenvalue weighted by Gasteiger charge is 2.55. The lowest BCUT2D eigenvalue weighted by Gasteiger charge is -2.24. The normalized spacial score (nSPS) is 27.2. The largest absolute Gasteiger partial charge is 0.465 e. The van der Waals surface area contributed by atoms with Crippen molar-refractivity contribution in [3.8, 4) is 0 Å². The lowest BCUT2D eigenvalue weighted by atomic mass is 9.75. The summed E-state index contributed by atoms with van der Waals surface area (Å²) >= 11 is 3.66. The van der Waals surface area contributed by atoms with Gasteiger partial charge < -0.3 is 4.74 Å². The molecule has 2 atom stereocenters. The highest BCUT2D eigenvalue weighted by atomic mass is 79.9. The van der Waals surface area contributed by atoms with Gasteiger partial charge in [0.25, 0.3) is 0 Å². The third-order valence-corrected chi connectivity index (χ3v) is 5.75. The van der Waals surface area contributed by atoms with Gasteiger partial charge in [0.15, 0.2) is 0 Å². The van der Waals surface area contributed by atoms with Crippen molar-refractivity contribution in [3.05, 3.63) is 58.6 Å². The van der Waals surface area contributed by atoms with Crippen LogP contribution in [0.4, 0.5) is 0 Å². The molecule has 0 radical (unpaired) electrons. The Labute approximate surface area is 138 Å². The second-order valence-corrected chi connectivity index (χ2v) is 7.41. The van der Waals surface area contributed by atoms with E-state index in [0.29, 0.717) is 6.61 Å². The maximum atomic E-state index is 12.4. The minimum Gasteiger partial charge on any atom is -0.465 e. The van der Waals surface area contributed by atoms with Gasteiger partial charge in [0, 0.05) is 10.4 Å². The number of carbonyl (C=O) groups excluding carboxylic acids is 1. The van der Waals surface area contributed by atoms with E-state index in [-0.39, 0.29) is 17.3 Å². The van der Waals surface area contributed by atoms with Crippen LogP contribution in [0.2, 0.25) is 0 Å². The van der Waals surface area contributed by atoms with Gasteiger partial charge in [-0.05, 0) is 41.7 Å². The highest BCUT2D eigenvalue weighted by Crippen LogP contribution is 2.52. The van der Waals surface area contributed by atoms with Gasteiger partial charge in [-0.1, -0.05) is 58.4 Å². The molecule has 0 amide bonds. The molecule has 1 aliphatic heterocycles. The number of esters is 1. The number of benzene rings is 2. The molecule has 0 aromatic heterocycles. The monoisotopic (exact) mass is 356 g/mol. The summed E-state index contributed by atoms with van der Waals surface area (Å²) in [4.78, 5) is 12.4. The van der Waals surface area contributed by atoms with Gasteiger partial charge in [-0.25, -0.2) is 0 Å². The maximum Gasteiger partial charge on any atom is 0.313 e. The van der Waals surface area contributed by atoms with Crippen molar-refractivity contribution in [2.45, 2.75) is 19.3 Å². The average molecular weight is 357 g/mol. The van der Waals surface area contributed by atoms with Crippen LogP contribution >= 0.6 is 15.9 Å². The molecule has 0 bridgehead atoms. The van der Waals surface area contributed by atoms with Gasteiger partial charge in [0.2, 0.25) is 0 Å². The fraction of sp³-hybridized carbons (Fsp3) is 0.316. The van der Waals surface area contributed by atoms with Gasteiger partial charge in [-0.3, -0.25) is 4.79 Å². The van der Waals surface area contributed by atoms with Gasteiger partial charge in [-0.2, -0.15) is 0 Å². The molecule has 1 aliphatic carbocycles. The van der Waals surface area contributed by atoms with Crippen LogP contribution in [-0.4, -0.2) is 12.6 Å². The Morgan fingerprint density at radius 2 is 2.14 bits per heavy atom. The summed E-state index contributed by atoms with van der Waals surface area (Å²) in [6.45, 7) is 4.66. The molecule has 0 spiro atoms. The smallest absolute Gasteiger partial charge is 0.313 e. The second kappa shape index (κ2) is 4.95. The van der Waals surface area contributed by atoms with E-state index >= 15 is 0 Å². The second-order valence-electron chi connectivity index (χ2n) is 6.56. The lowest BCUT2D eigenvalue weighted by molar-refractivity contribution is -0.146. The van der Waals surface area contributed by atoms with Crippen LogP contribution in [0, 0.1) is 11.3 Å². The minimum atomic E-state index is -0.390. The Kier molecular flexibility index (Phi) is 3.15. The highest BCUT2D eigenvalue weighted by molar-refractivity contribution is 9.10. The number of carbonyl (C=O) groups is 1. The molecular formula is C19H17BrO2.